The predicted molar refractivity (Wildman–Crippen MR) is 105 cm³/mol. The Labute approximate surface area is 180 Å². The number of ketones is 1. The van der Waals surface area contributed by atoms with Gasteiger partial charge in [-0.1, -0.05) is 24.9 Å². The van der Waals surface area contributed by atoms with Crippen LogP contribution in [0.1, 0.15) is 31.0 Å². The minimum Gasteiger partial charge on any atom is -0.312 e. The van der Waals surface area contributed by atoms with E-state index in [1.807, 2.05) is 6.92 Å². The second-order valence-electron chi connectivity index (χ2n) is 7.17. The van der Waals surface area contributed by atoms with E-state index in [9.17, 15) is 27.2 Å². The number of rotatable bonds is 7. The highest BCUT2D eigenvalue weighted by atomic mass is 35.5. The van der Waals surface area contributed by atoms with Crippen molar-refractivity contribution in [2.24, 2.45) is 0 Å². The van der Waals surface area contributed by atoms with Gasteiger partial charge in [-0.05, 0) is 24.6 Å². The van der Waals surface area contributed by atoms with E-state index < -0.39 is 29.4 Å². The Hall–Kier alpha value is -2.75. The molecule has 0 aromatic carbocycles. The van der Waals surface area contributed by atoms with Crippen molar-refractivity contribution in [3.05, 3.63) is 52.7 Å². The van der Waals surface area contributed by atoms with Crippen molar-refractivity contribution >= 4 is 29.2 Å². The molecule has 2 aromatic rings. The number of aromatic nitrogens is 2. The van der Waals surface area contributed by atoms with E-state index in [4.69, 9.17) is 11.6 Å². The molecule has 0 N–H and O–H groups in total. The maximum Gasteiger partial charge on any atom is 0.416 e. The molecule has 0 radical (unpaired) electrons. The minimum atomic E-state index is -4.55. The van der Waals surface area contributed by atoms with Crippen molar-refractivity contribution in [2.45, 2.75) is 38.4 Å². The van der Waals surface area contributed by atoms with Crippen LogP contribution >= 0.6 is 11.6 Å². The molecular weight excluding hydrogens is 440 g/mol. The summed E-state index contributed by atoms with van der Waals surface area (Å²) in [5, 5.41) is 0.0821. The maximum atomic E-state index is 14.3. The predicted octanol–water partition coefficient (Wildman–Crippen LogP) is 4.51. The Kier molecular flexibility index (Phi) is 6.78. The average Bonchev–Trinajstić information content (AvgIpc) is 2.97. The van der Waals surface area contributed by atoms with Crippen LogP contribution in [-0.2, 0) is 17.4 Å². The summed E-state index contributed by atoms with van der Waals surface area (Å²) in [5.41, 5.74) is -0.942. The number of alkyl halides is 3. The lowest BCUT2D eigenvalue weighted by Gasteiger charge is -2.22. The van der Waals surface area contributed by atoms with E-state index in [2.05, 4.69) is 9.97 Å². The lowest BCUT2D eigenvalue weighted by atomic mass is 10.1. The number of halogens is 5. The van der Waals surface area contributed by atoms with Gasteiger partial charge in [0, 0.05) is 24.6 Å². The molecule has 1 fully saturated rings. The third kappa shape index (κ3) is 5.30. The lowest BCUT2D eigenvalue weighted by molar-refractivity contribution is -0.137. The van der Waals surface area contributed by atoms with Gasteiger partial charge in [0.05, 0.1) is 29.6 Å². The topological polar surface area (TPSA) is 66.4 Å². The van der Waals surface area contributed by atoms with E-state index in [0.29, 0.717) is 12.8 Å². The van der Waals surface area contributed by atoms with Crippen molar-refractivity contribution in [2.75, 3.05) is 18.0 Å². The van der Waals surface area contributed by atoms with E-state index >= 15 is 0 Å². The first-order valence-corrected chi connectivity index (χ1v) is 9.91. The van der Waals surface area contributed by atoms with E-state index in [1.165, 1.54) is 11.1 Å². The van der Waals surface area contributed by atoms with Gasteiger partial charge in [0.25, 0.3) is 0 Å². The number of Topliss-reactive ketones (excluding diaryl/α,β-unsaturated/α-hetero) is 1. The molecule has 0 spiro atoms. The molecule has 31 heavy (non-hydrogen) atoms. The molecule has 1 aliphatic heterocycles. The number of carbonyl (C=O) groups is 2. The lowest BCUT2D eigenvalue weighted by Crippen LogP contribution is -2.39. The molecule has 0 aliphatic carbocycles. The first kappa shape index (κ1) is 22.9. The number of hydrogen-bond donors (Lipinski definition) is 0. The van der Waals surface area contributed by atoms with Crippen LogP contribution in [0.3, 0.4) is 0 Å². The normalized spacial score (nSPS) is 16.8. The molecule has 3 heterocycles. The number of hydrogen-bond acceptors (Lipinski definition) is 4. The number of pyridine rings is 2. The molecule has 1 saturated heterocycles. The SMILES string of the molecule is CCC[C@H]1CN(c2ncc(Cl)cc2F)C(=O)N1CC(=O)Cc1cc(C(F)(F)F)ccn1. The first-order chi connectivity index (χ1) is 14.6. The highest BCUT2D eigenvalue weighted by Gasteiger charge is 2.40. The first-order valence-electron chi connectivity index (χ1n) is 9.53. The standard InChI is InChI=1S/C20H19ClF4N4O2/c1-2-3-15-10-29(18-17(22)7-13(21)9-27-18)19(31)28(15)11-16(30)8-14-6-12(4-5-26-14)20(23,24)25/h4-7,9,15H,2-3,8,10-11H2,1H3/t15-/m0/s1. The fourth-order valence-electron chi connectivity index (χ4n) is 3.46. The molecule has 166 valence electrons. The Morgan fingerprint density at radius 3 is 2.68 bits per heavy atom. The van der Waals surface area contributed by atoms with E-state index in [1.54, 1.807) is 0 Å². The van der Waals surface area contributed by atoms with Gasteiger partial charge in [0.2, 0.25) is 0 Å². The molecule has 1 atom stereocenters. The van der Waals surface area contributed by atoms with Crippen molar-refractivity contribution < 1.29 is 27.2 Å². The summed E-state index contributed by atoms with van der Waals surface area (Å²) in [6, 6.07) is 1.71. The second-order valence-corrected chi connectivity index (χ2v) is 7.61. The zero-order chi connectivity index (χ0) is 22.8. The summed E-state index contributed by atoms with van der Waals surface area (Å²) < 4.78 is 52.9. The Balaban J connectivity index is 1.76. The van der Waals surface area contributed by atoms with Crippen LogP contribution in [0, 0.1) is 5.82 Å². The van der Waals surface area contributed by atoms with Crippen molar-refractivity contribution in [3.63, 3.8) is 0 Å². The largest absolute Gasteiger partial charge is 0.416 e. The molecule has 2 amide bonds. The van der Waals surface area contributed by atoms with Gasteiger partial charge in [-0.3, -0.25) is 14.7 Å². The van der Waals surface area contributed by atoms with Gasteiger partial charge < -0.3 is 4.90 Å². The van der Waals surface area contributed by atoms with Gasteiger partial charge in [-0.15, -0.1) is 0 Å². The Bertz CT molecular complexity index is 986. The highest BCUT2D eigenvalue weighted by molar-refractivity contribution is 6.30. The van der Waals surface area contributed by atoms with Crippen molar-refractivity contribution in [1.29, 1.82) is 0 Å². The van der Waals surface area contributed by atoms with Crippen LogP contribution in [0.2, 0.25) is 5.02 Å². The zero-order valence-corrected chi connectivity index (χ0v) is 17.3. The quantitative estimate of drug-likeness (QED) is 0.573. The van der Waals surface area contributed by atoms with E-state index in [0.717, 1.165) is 29.3 Å². The molecule has 0 bridgehead atoms. The average molecular weight is 459 g/mol. The molecular formula is C20H19ClF4N4O2. The number of urea groups is 1. The van der Waals surface area contributed by atoms with Gasteiger partial charge >= 0.3 is 12.2 Å². The van der Waals surface area contributed by atoms with Gasteiger partial charge in [-0.2, -0.15) is 13.2 Å². The summed E-state index contributed by atoms with van der Waals surface area (Å²) >= 11 is 5.71. The fraction of sp³-hybridized carbons (Fsp3) is 0.400. The van der Waals surface area contributed by atoms with Gasteiger partial charge in [-0.25, -0.2) is 14.2 Å². The van der Waals surface area contributed by atoms with E-state index in [-0.39, 0.29) is 42.1 Å². The molecule has 11 heteroatoms. The van der Waals surface area contributed by atoms with Crippen LogP contribution in [0.15, 0.2) is 30.6 Å². The Morgan fingerprint density at radius 2 is 2.03 bits per heavy atom. The molecule has 2 aromatic heterocycles. The molecule has 3 rings (SSSR count). The third-order valence-electron chi connectivity index (χ3n) is 4.85. The van der Waals surface area contributed by atoms with Crippen molar-refractivity contribution in [3.8, 4) is 0 Å². The molecule has 1 aliphatic rings. The van der Waals surface area contributed by atoms with Crippen LogP contribution < -0.4 is 4.90 Å². The summed E-state index contributed by atoms with van der Waals surface area (Å²) in [6.07, 6.45) is -1.43. The molecule has 6 nitrogen and oxygen atoms in total. The highest BCUT2D eigenvalue weighted by Crippen LogP contribution is 2.30. The fourth-order valence-corrected chi connectivity index (χ4v) is 3.60. The summed E-state index contributed by atoms with van der Waals surface area (Å²) in [7, 11) is 0. The number of nitrogens with zero attached hydrogens (tertiary/aromatic N) is 4. The van der Waals surface area contributed by atoms with Crippen molar-refractivity contribution in [1.82, 2.24) is 14.9 Å². The summed E-state index contributed by atoms with van der Waals surface area (Å²) in [4.78, 5) is 35.6. The monoisotopic (exact) mass is 458 g/mol. The van der Waals surface area contributed by atoms with Gasteiger partial charge in [0.1, 0.15) is 0 Å². The van der Waals surface area contributed by atoms with Crippen LogP contribution in [-0.4, -0.2) is 45.8 Å². The number of amides is 2. The Morgan fingerprint density at radius 1 is 1.29 bits per heavy atom. The second kappa shape index (κ2) is 9.17. The number of carbonyl (C=O) groups excluding carboxylic acids is 2. The third-order valence-corrected chi connectivity index (χ3v) is 5.05. The summed E-state index contributed by atoms with van der Waals surface area (Å²) in [5.74, 6) is -1.44. The van der Waals surface area contributed by atoms with Crippen LogP contribution in [0.4, 0.5) is 28.2 Å². The summed E-state index contributed by atoms with van der Waals surface area (Å²) in [6.45, 7) is 1.71. The smallest absolute Gasteiger partial charge is 0.312 e. The minimum absolute atomic E-state index is 0.0409. The molecule has 0 saturated carbocycles. The number of anilines is 1. The maximum absolute atomic E-state index is 14.3. The molecule has 0 unspecified atom stereocenters. The van der Waals surface area contributed by atoms with Crippen LogP contribution in [0.5, 0.6) is 0 Å². The van der Waals surface area contributed by atoms with Gasteiger partial charge in [0.15, 0.2) is 17.4 Å². The van der Waals surface area contributed by atoms with Crippen LogP contribution in [0.25, 0.3) is 0 Å². The zero-order valence-electron chi connectivity index (χ0n) is 16.5.